The van der Waals surface area contributed by atoms with Gasteiger partial charge in [0.15, 0.2) is 12.0 Å². The number of ketones is 1. The molecule has 0 aromatic carbocycles. The molecule has 3 unspecified atom stereocenters. The molecule has 0 radical (unpaired) electrons. The van der Waals surface area contributed by atoms with Crippen LogP contribution in [0.2, 0.25) is 0 Å². The zero-order valence-corrected chi connectivity index (χ0v) is 18.6. The van der Waals surface area contributed by atoms with Gasteiger partial charge in [0.25, 0.3) is 0 Å². The quantitative estimate of drug-likeness (QED) is 0.627. The maximum absolute atomic E-state index is 13.1. The molecule has 2 aliphatic rings. The van der Waals surface area contributed by atoms with Gasteiger partial charge in [0.05, 0.1) is 19.2 Å². The van der Waals surface area contributed by atoms with Gasteiger partial charge in [-0.15, -0.1) is 0 Å². The fourth-order valence-electron chi connectivity index (χ4n) is 2.67. The monoisotopic (exact) mass is 436 g/mol. The van der Waals surface area contributed by atoms with Crippen LogP contribution in [0.25, 0.3) is 0 Å². The second-order valence-corrected chi connectivity index (χ2v) is 9.41. The van der Waals surface area contributed by atoms with Gasteiger partial charge in [0.1, 0.15) is 17.4 Å². The van der Waals surface area contributed by atoms with Crippen molar-refractivity contribution in [3.8, 4) is 0 Å². The highest BCUT2D eigenvalue weighted by molar-refractivity contribution is 5.85. The lowest BCUT2D eigenvalue weighted by molar-refractivity contribution is -0.127. The van der Waals surface area contributed by atoms with Crippen molar-refractivity contribution in [1.82, 2.24) is 9.80 Å². The first-order valence-electron chi connectivity index (χ1n) is 10.0. The average Bonchev–Trinajstić information content (AvgIpc) is 2.57. The third kappa shape index (κ3) is 9.23. The summed E-state index contributed by atoms with van der Waals surface area (Å²) >= 11 is 0. The van der Waals surface area contributed by atoms with Crippen molar-refractivity contribution in [2.24, 2.45) is 0 Å². The van der Waals surface area contributed by atoms with Gasteiger partial charge in [-0.2, -0.15) is 0 Å². The summed E-state index contributed by atoms with van der Waals surface area (Å²) in [5.74, 6) is -0.435. The standard InChI is InChI=1S/C10H18FNO3.C10H16FNO3/c2*1-10(2,3)15-9(14)12-5-4-8(13)7(11)6-12/h7-8,13H,4-6H2,1-3H3;7H,4-6H2,1-3H3. The molecule has 8 nitrogen and oxygen atoms in total. The predicted octanol–water partition coefficient (Wildman–Crippen LogP) is 2.86. The van der Waals surface area contributed by atoms with Crippen LogP contribution in [0.5, 0.6) is 0 Å². The molecule has 0 saturated carbocycles. The number of carbonyl (C=O) groups is 3. The van der Waals surface area contributed by atoms with E-state index in [-0.39, 0.29) is 32.5 Å². The first-order valence-corrected chi connectivity index (χ1v) is 10.0. The SMILES string of the molecule is CC(C)(C)OC(=O)N1CCC(=O)C(F)C1.CC(C)(C)OC(=O)N1CCC(O)C(F)C1. The highest BCUT2D eigenvalue weighted by Crippen LogP contribution is 2.17. The summed E-state index contributed by atoms with van der Waals surface area (Å²) < 4.78 is 36.3. The molecule has 10 heteroatoms. The number of aliphatic hydroxyl groups is 1. The minimum atomic E-state index is -1.56. The van der Waals surface area contributed by atoms with Crippen LogP contribution in [0.4, 0.5) is 18.4 Å². The van der Waals surface area contributed by atoms with Crippen LogP contribution in [-0.4, -0.2) is 88.7 Å². The molecule has 0 aromatic heterocycles. The zero-order valence-electron chi connectivity index (χ0n) is 18.6. The van der Waals surface area contributed by atoms with Crippen LogP contribution in [0.15, 0.2) is 0 Å². The highest BCUT2D eigenvalue weighted by Gasteiger charge is 2.33. The molecule has 0 aromatic rings. The Hall–Kier alpha value is -1.97. The van der Waals surface area contributed by atoms with Crippen LogP contribution in [-0.2, 0) is 14.3 Å². The van der Waals surface area contributed by atoms with E-state index in [2.05, 4.69) is 0 Å². The minimum Gasteiger partial charge on any atom is -0.444 e. The Morgan fingerprint density at radius 2 is 1.40 bits per heavy atom. The summed E-state index contributed by atoms with van der Waals surface area (Å²) in [4.78, 5) is 36.4. The minimum absolute atomic E-state index is 0.0699. The van der Waals surface area contributed by atoms with E-state index in [0.29, 0.717) is 6.54 Å². The van der Waals surface area contributed by atoms with Crippen LogP contribution in [0, 0.1) is 0 Å². The number of ether oxygens (including phenoxy) is 2. The Balaban J connectivity index is 0.000000300. The van der Waals surface area contributed by atoms with Crippen LogP contribution >= 0.6 is 0 Å². The smallest absolute Gasteiger partial charge is 0.410 e. The molecule has 2 rings (SSSR count). The van der Waals surface area contributed by atoms with Gasteiger partial charge in [0.2, 0.25) is 0 Å². The molecule has 2 fully saturated rings. The molecule has 174 valence electrons. The predicted molar refractivity (Wildman–Crippen MR) is 106 cm³/mol. The van der Waals surface area contributed by atoms with Crippen molar-refractivity contribution in [1.29, 1.82) is 0 Å². The molecular formula is C20H34F2N2O6. The molecule has 2 saturated heterocycles. The number of carbonyl (C=O) groups excluding carboxylic acids is 3. The number of aliphatic hydroxyl groups excluding tert-OH is 1. The number of Topliss-reactive ketones (excluding diaryl/α,β-unsaturated/α-hetero) is 1. The molecule has 30 heavy (non-hydrogen) atoms. The van der Waals surface area contributed by atoms with Crippen LogP contribution in [0.1, 0.15) is 54.4 Å². The Morgan fingerprint density at radius 1 is 0.933 bits per heavy atom. The number of likely N-dealkylation sites (tertiary alicyclic amines) is 2. The van der Waals surface area contributed by atoms with Crippen molar-refractivity contribution in [2.45, 2.75) is 84.0 Å². The summed E-state index contributed by atoms with van der Waals surface area (Å²) in [7, 11) is 0. The van der Waals surface area contributed by atoms with Crippen molar-refractivity contribution in [3.05, 3.63) is 0 Å². The number of hydrogen-bond acceptors (Lipinski definition) is 6. The maximum Gasteiger partial charge on any atom is 0.410 e. The van der Waals surface area contributed by atoms with E-state index in [0.717, 1.165) is 0 Å². The molecule has 1 N–H and O–H groups in total. The van der Waals surface area contributed by atoms with Gasteiger partial charge in [-0.3, -0.25) is 4.79 Å². The first kappa shape index (κ1) is 26.1. The normalized spacial score (nSPS) is 25.2. The first-order chi connectivity index (χ1) is 13.6. The summed E-state index contributed by atoms with van der Waals surface area (Å²) in [6, 6.07) is 0. The number of hydrogen-bond donors (Lipinski definition) is 1. The fraction of sp³-hybridized carbons (Fsp3) is 0.850. The lowest BCUT2D eigenvalue weighted by atomic mass is 10.1. The van der Waals surface area contributed by atoms with Gasteiger partial charge < -0.3 is 24.4 Å². The van der Waals surface area contributed by atoms with Gasteiger partial charge >= 0.3 is 12.2 Å². The Labute approximate surface area is 176 Å². The molecule has 0 bridgehead atoms. The van der Waals surface area contributed by atoms with Crippen molar-refractivity contribution >= 4 is 18.0 Å². The van der Waals surface area contributed by atoms with Gasteiger partial charge in [0, 0.05) is 19.5 Å². The number of amides is 2. The summed E-state index contributed by atoms with van der Waals surface area (Å²) in [5, 5.41) is 9.16. The lowest BCUT2D eigenvalue weighted by Crippen LogP contribution is -2.48. The maximum atomic E-state index is 13.1. The van der Waals surface area contributed by atoms with Gasteiger partial charge in [-0.05, 0) is 48.0 Å². The van der Waals surface area contributed by atoms with E-state index in [1.54, 1.807) is 41.5 Å². The number of halogens is 2. The Morgan fingerprint density at radius 3 is 1.80 bits per heavy atom. The third-order valence-corrected chi connectivity index (χ3v) is 4.17. The second-order valence-electron chi connectivity index (χ2n) is 9.41. The van der Waals surface area contributed by atoms with E-state index in [1.165, 1.54) is 9.80 Å². The summed E-state index contributed by atoms with van der Waals surface area (Å²) in [6.45, 7) is 10.8. The number of piperidine rings is 2. The van der Waals surface area contributed by atoms with E-state index in [4.69, 9.17) is 14.6 Å². The van der Waals surface area contributed by atoms with E-state index in [9.17, 15) is 23.2 Å². The largest absolute Gasteiger partial charge is 0.444 e. The molecule has 3 atom stereocenters. The molecule has 0 aliphatic carbocycles. The fourth-order valence-corrected chi connectivity index (χ4v) is 2.67. The third-order valence-electron chi connectivity index (χ3n) is 4.17. The molecule has 2 aliphatic heterocycles. The van der Waals surface area contributed by atoms with Crippen LogP contribution in [0.3, 0.4) is 0 Å². The average molecular weight is 436 g/mol. The molecule has 2 heterocycles. The summed E-state index contributed by atoms with van der Waals surface area (Å²) in [6.07, 6.45) is -4.63. The van der Waals surface area contributed by atoms with Gasteiger partial charge in [-0.1, -0.05) is 0 Å². The van der Waals surface area contributed by atoms with Crippen molar-refractivity contribution in [2.75, 3.05) is 26.2 Å². The summed E-state index contributed by atoms with van der Waals surface area (Å²) in [5.41, 5.74) is -1.16. The van der Waals surface area contributed by atoms with E-state index >= 15 is 0 Å². The number of alkyl halides is 2. The Kier molecular flexibility index (Phi) is 9.01. The second kappa shape index (κ2) is 10.4. The van der Waals surface area contributed by atoms with Crippen molar-refractivity contribution in [3.63, 3.8) is 0 Å². The molecule has 2 amide bonds. The lowest BCUT2D eigenvalue weighted by Gasteiger charge is -2.33. The molecule has 0 spiro atoms. The zero-order chi connectivity index (χ0) is 23.3. The van der Waals surface area contributed by atoms with Crippen LogP contribution < -0.4 is 0 Å². The Bertz CT molecular complexity index is 617. The van der Waals surface area contributed by atoms with E-state index in [1.807, 2.05) is 0 Å². The topological polar surface area (TPSA) is 96.4 Å². The number of nitrogens with zero attached hydrogens (tertiary/aromatic N) is 2. The number of rotatable bonds is 0. The van der Waals surface area contributed by atoms with E-state index < -0.39 is 47.6 Å². The highest BCUT2D eigenvalue weighted by atomic mass is 19.1. The van der Waals surface area contributed by atoms with Gasteiger partial charge in [-0.25, -0.2) is 18.4 Å². The molecular weight excluding hydrogens is 402 g/mol. The van der Waals surface area contributed by atoms with Crippen molar-refractivity contribution < 1.29 is 37.7 Å².